The van der Waals surface area contributed by atoms with Gasteiger partial charge >= 0.3 is 0 Å². The average Bonchev–Trinajstić information content (AvgIpc) is 2.81. The van der Waals surface area contributed by atoms with Gasteiger partial charge < -0.3 is 5.32 Å². The summed E-state index contributed by atoms with van der Waals surface area (Å²) in [5, 5.41) is 6.50. The maximum absolute atomic E-state index is 12.6. The van der Waals surface area contributed by atoms with E-state index in [1.807, 2.05) is 6.07 Å². The molecule has 1 aromatic carbocycles. The van der Waals surface area contributed by atoms with Crippen LogP contribution in [0.25, 0.3) is 0 Å². The van der Waals surface area contributed by atoms with Crippen molar-refractivity contribution in [2.24, 2.45) is 0 Å². The molecule has 0 fully saturated rings. The minimum absolute atomic E-state index is 0.303. The van der Waals surface area contributed by atoms with Crippen molar-refractivity contribution < 1.29 is 13.6 Å². The summed E-state index contributed by atoms with van der Waals surface area (Å²) in [6, 6.07) is 9.57. The van der Waals surface area contributed by atoms with Crippen LogP contribution in [0.4, 0.5) is 14.5 Å². The first kappa shape index (κ1) is 14.2. The molecule has 1 N–H and O–H groups in total. The van der Waals surface area contributed by atoms with Crippen LogP contribution in [0.5, 0.6) is 0 Å². The normalized spacial score (nSPS) is 12.4. The van der Waals surface area contributed by atoms with Gasteiger partial charge in [0.1, 0.15) is 11.7 Å². The maximum Gasteiger partial charge on any atom is 0.282 e. The topological polar surface area (TPSA) is 46.9 Å². The molecule has 6 heteroatoms. The molecule has 0 saturated carbocycles. The van der Waals surface area contributed by atoms with Gasteiger partial charge in [0.05, 0.1) is 0 Å². The SMILES string of the molecule is Cc1cc(C(F)F)nn1C(C)C(=O)Nc1ccccc1. The molecule has 20 heavy (non-hydrogen) atoms. The molecule has 0 bridgehead atoms. The highest BCUT2D eigenvalue weighted by Crippen LogP contribution is 2.21. The van der Waals surface area contributed by atoms with E-state index in [9.17, 15) is 13.6 Å². The zero-order valence-electron chi connectivity index (χ0n) is 11.2. The Morgan fingerprint density at radius 1 is 1.30 bits per heavy atom. The number of carbonyl (C=O) groups excluding carboxylic acids is 1. The standard InChI is InChI=1S/C14H15F2N3O/c1-9-8-12(13(15)16)18-19(9)10(2)14(20)17-11-6-4-3-5-7-11/h3-8,10,13H,1-2H3,(H,17,20). The van der Waals surface area contributed by atoms with Gasteiger partial charge in [-0.1, -0.05) is 18.2 Å². The van der Waals surface area contributed by atoms with Crippen molar-refractivity contribution in [2.45, 2.75) is 26.3 Å². The minimum atomic E-state index is -2.64. The van der Waals surface area contributed by atoms with E-state index in [-0.39, 0.29) is 11.6 Å². The molecule has 1 unspecified atom stereocenters. The number of hydrogen-bond acceptors (Lipinski definition) is 2. The summed E-state index contributed by atoms with van der Waals surface area (Å²) >= 11 is 0. The summed E-state index contributed by atoms with van der Waals surface area (Å²) in [5.74, 6) is -0.303. The molecule has 1 aromatic heterocycles. The van der Waals surface area contributed by atoms with Crippen LogP contribution >= 0.6 is 0 Å². The number of nitrogens with one attached hydrogen (secondary N) is 1. The molecular weight excluding hydrogens is 264 g/mol. The number of rotatable bonds is 4. The highest BCUT2D eigenvalue weighted by molar-refractivity contribution is 5.93. The number of carbonyl (C=O) groups is 1. The number of aryl methyl sites for hydroxylation is 1. The van der Waals surface area contributed by atoms with E-state index in [1.54, 1.807) is 38.1 Å². The average molecular weight is 279 g/mol. The van der Waals surface area contributed by atoms with E-state index in [2.05, 4.69) is 10.4 Å². The van der Waals surface area contributed by atoms with Gasteiger partial charge in [0.15, 0.2) is 0 Å². The first-order valence-corrected chi connectivity index (χ1v) is 6.19. The van der Waals surface area contributed by atoms with E-state index in [0.29, 0.717) is 11.4 Å². The van der Waals surface area contributed by atoms with Crippen molar-refractivity contribution in [3.8, 4) is 0 Å². The molecule has 2 rings (SSSR count). The molecule has 0 aliphatic carbocycles. The van der Waals surface area contributed by atoms with Crippen molar-refractivity contribution in [1.82, 2.24) is 9.78 Å². The number of nitrogens with zero attached hydrogens (tertiary/aromatic N) is 2. The van der Waals surface area contributed by atoms with E-state index >= 15 is 0 Å². The van der Waals surface area contributed by atoms with Crippen molar-refractivity contribution in [3.05, 3.63) is 47.8 Å². The molecule has 0 radical (unpaired) electrons. The lowest BCUT2D eigenvalue weighted by atomic mass is 10.2. The minimum Gasteiger partial charge on any atom is -0.324 e. The second kappa shape index (κ2) is 5.81. The van der Waals surface area contributed by atoms with Crippen molar-refractivity contribution >= 4 is 11.6 Å². The zero-order valence-corrected chi connectivity index (χ0v) is 11.2. The highest BCUT2D eigenvalue weighted by atomic mass is 19.3. The maximum atomic E-state index is 12.6. The molecule has 0 aliphatic heterocycles. The molecule has 0 aliphatic rings. The van der Waals surface area contributed by atoms with Crippen molar-refractivity contribution in [3.63, 3.8) is 0 Å². The van der Waals surface area contributed by atoms with Crippen LogP contribution in [0.15, 0.2) is 36.4 Å². The Morgan fingerprint density at radius 3 is 2.50 bits per heavy atom. The summed E-state index contributed by atoms with van der Waals surface area (Å²) < 4.78 is 26.5. The molecule has 0 spiro atoms. The largest absolute Gasteiger partial charge is 0.324 e. The van der Waals surface area contributed by atoms with Crippen molar-refractivity contribution in [1.29, 1.82) is 0 Å². The van der Waals surface area contributed by atoms with E-state index in [0.717, 1.165) is 0 Å². The number of aromatic nitrogens is 2. The quantitative estimate of drug-likeness (QED) is 0.933. The van der Waals surface area contributed by atoms with Gasteiger partial charge in [-0.05, 0) is 32.0 Å². The second-order valence-corrected chi connectivity index (χ2v) is 4.49. The van der Waals surface area contributed by atoms with Gasteiger partial charge in [-0.15, -0.1) is 0 Å². The molecule has 106 valence electrons. The Morgan fingerprint density at radius 2 is 1.95 bits per heavy atom. The van der Waals surface area contributed by atoms with Gasteiger partial charge in [-0.2, -0.15) is 5.10 Å². The van der Waals surface area contributed by atoms with Gasteiger partial charge in [-0.3, -0.25) is 9.48 Å². The molecule has 1 heterocycles. The molecule has 2 aromatic rings. The van der Waals surface area contributed by atoms with Crippen LogP contribution in [0.2, 0.25) is 0 Å². The number of halogens is 2. The third kappa shape index (κ3) is 3.01. The first-order valence-electron chi connectivity index (χ1n) is 6.19. The highest BCUT2D eigenvalue weighted by Gasteiger charge is 2.21. The van der Waals surface area contributed by atoms with Gasteiger partial charge in [0.25, 0.3) is 6.43 Å². The van der Waals surface area contributed by atoms with Gasteiger partial charge in [0, 0.05) is 11.4 Å². The lowest BCUT2D eigenvalue weighted by Gasteiger charge is -2.14. The summed E-state index contributed by atoms with van der Waals surface area (Å²) in [5.41, 5.74) is 0.862. The first-order chi connectivity index (χ1) is 9.49. The number of alkyl halides is 2. The van der Waals surface area contributed by atoms with Crippen LogP contribution in [0.1, 0.15) is 30.8 Å². The lowest BCUT2D eigenvalue weighted by molar-refractivity contribution is -0.119. The van der Waals surface area contributed by atoms with E-state index in [1.165, 1.54) is 10.7 Å². The Bertz CT molecular complexity index is 596. The summed E-state index contributed by atoms with van der Waals surface area (Å²) in [6.45, 7) is 3.26. The number of benzene rings is 1. The monoisotopic (exact) mass is 279 g/mol. The van der Waals surface area contributed by atoms with E-state index in [4.69, 9.17) is 0 Å². The summed E-state index contributed by atoms with van der Waals surface area (Å²) in [7, 11) is 0. The fraction of sp³-hybridized carbons (Fsp3) is 0.286. The second-order valence-electron chi connectivity index (χ2n) is 4.49. The summed E-state index contributed by atoms with van der Waals surface area (Å²) in [4.78, 5) is 12.1. The zero-order chi connectivity index (χ0) is 14.7. The Hall–Kier alpha value is -2.24. The molecule has 1 atom stereocenters. The fourth-order valence-corrected chi connectivity index (χ4v) is 1.89. The molecule has 1 amide bonds. The molecule has 0 saturated heterocycles. The van der Waals surface area contributed by atoms with Crippen LogP contribution in [0, 0.1) is 6.92 Å². The van der Waals surface area contributed by atoms with Crippen molar-refractivity contribution in [2.75, 3.05) is 5.32 Å². The number of anilines is 1. The number of amides is 1. The third-order valence-electron chi connectivity index (χ3n) is 2.95. The molecular formula is C14H15F2N3O. The van der Waals surface area contributed by atoms with Crippen LogP contribution in [0.3, 0.4) is 0 Å². The van der Waals surface area contributed by atoms with Crippen LogP contribution in [-0.4, -0.2) is 15.7 Å². The van der Waals surface area contributed by atoms with Crippen LogP contribution in [-0.2, 0) is 4.79 Å². The van der Waals surface area contributed by atoms with Gasteiger partial charge in [-0.25, -0.2) is 8.78 Å². The Kier molecular flexibility index (Phi) is 4.12. The lowest BCUT2D eigenvalue weighted by Crippen LogP contribution is -2.25. The Balaban J connectivity index is 2.14. The smallest absolute Gasteiger partial charge is 0.282 e. The fourth-order valence-electron chi connectivity index (χ4n) is 1.89. The number of para-hydroxylation sites is 1. The summed E-state index contributed by atoms with van der Waals surface area (Å²) in [6.07, 6.45) is -2.64. The third-order valence-corrected chi connectivity index (χ3v) is 2.95. The van der Waals surface area contributed by atoms with Crippen LogP contribution < -0.4 is 5.32 Å². The Labute approximate surface area is 115 Å². The van der Waals surface area contributed by atoms with E-state index < -0.39 is 12.5 Å². The molecule has 4 nitrogen and oxygen atoms in total. The predicted molar refractivity (Wildman–Crippen MR) is 71.7 cm³/mol. The number of hydrogen-bond donors (Lipinski definition) is 1. The predicted octanol–water partition coefficient (Wildman–Crippen LogP) is 3.33. The van der Waals surface area contributed by atoms with Gasteiger partial charge in [0.2, 0.25) is 5.91 Å².